The predicted molar refractivity (Wildman–Crippen MR) is 67.3 cm³/mol. The second-order valence-electron chi connectivity index (χ2n) is 4.46. The summed E-state index contributed by atoms with van der Waals surface area (Å²) in [5.74, 6) is 0. The van der Waals surface area contributed by atoms with E-state index in [1.165, 1.54) is 18.4 Å². The van der Waals surface area contributed by atoms with Crippen molar-refractivity contribution in [2.45, 2.75) is 45.7 Å². The minimum absolute atomic E-state index is 0.649. The van der Waals surface area contributed by atoms with Gasteiger partial charge >= 0.3 is 0 Å². The third-order valence-electron chi connectivity index (χ3n) is 3.22. The van der Waals surface area contributed by atoms with Crippen molar-refractivity contribution in [1.82, 2.24) is 10.2 Å². The first-order valence-corrected chi connectivity index (χ1v) is 6.38. The average molecular weight is 231 g/mol. The summed E-state index contributed by atoms with van der Waals surface area (Å²) >= 11 is 5.73. The summed E-state index contributed by atoms with van der Waals surface area (Å²) in [5, 5.41) is 3.60. The molecule has 1 aliphatic rings. The zero-order valence-corrected chi connectivity index (χ0v) is 10.8. The molecule has 0 aliphatic carbocycles. The fraction of sp³-hybridized carbons (Fsp3) is 0.833. The lowest BCUT2D eigenvalue weighted by atomic mass is 10.0. The normalized spacial score (nSPS) is 29.5. The van der Waals surface area contributed by atoms with E-state index < -0.39 is 0 Å². The lowest BCUT2D eigenvalue weighted by Crippen LogP contribution is -2.56. The summed E-state index contributed by atoms with van der Waals surface area (Å²) in [6.07, 6.45) is 2.41. The highest BCUT2D eigenvalue weighted by Gasteiger charge is 2.25. The SMILES string of the molecule is CCC1CN(CC(C)=CCl)C(CC)CN1. The molecule has 0 bridgehead atoms. The highest BCUT2D eigenvalue weighted by molar-refractivity contribution is 6.25. The lowest BCUT2D eigenvalue weighted by molar-refractivity contribution is 0.136. The summed E-state index contributed by atoms with van der Waals surface area (Å²) in [6.45, 7) is 9.88. The summed E-state index contributed by atoms with van der Waals surface area (Å²) < 4.78 is 0. The molecule has 1 saturated heterocycles. The molecule has 0 spiro atoms. The standard InChI is InChI=1S/C12H23ClN2/c1-4-11-9-15(8-10(3)6-13)12(5-2)7-14-11/h6,11-12,14H,4-5,7-9H2,1-3H3. The lowest BCUT2D eigenvalue weighted by Gasteiger charge is -2.40. The second kappa shape index (κ2) is 6.51. The maximum absolute atomic E-state index is 5.73. The van der Waals surface area contributed by atoms with Gasteiger partial charge in [0.15, 0.2) is 0 Å². The Morgan fingerprint density at radius 3 is 2.73 bits per heavy atom. The molecule has 0 radical (unpaired) electrons. The number of piperazine rings is 1. The van der Waals surface area contributed by atoms with Crippen LogP contribution in [0.15, 0.2) is 11.1 Å². The van der Waals surface area contributed by atoms with Crippen LogP contribution in [0.1, 0.15) is 33.6 Å². The van der Waals surface area contributed by atoms with E-state index in [9.17, 15) is 0 Å². The van der Waals surface area contributed by atoms with Gasteiger partial charge in [-0.3, -0.25) is 4.90 Å². The smallest absolute Gasteiger partial charge is 0.0222 e. The predicted octanol–water partition coefficient (Wildman–Crippen LogP) is 2.59. The summed E-state index contributed by atoms with van der Waals surface area (Å²) in [6, 6.07) is 1.32. The molecule has 3 heteroatoms. The molecule has 0 aromatic heterocycles. The summed E-state index contributed by atoms with van der Waals surface area (Å²) in [5.41, 5.74) is 2.96. The van der Waals surface area contributed by atoms with Crippen molar-refractivity contribution in [2.24, 2.45) is 0 Å². The van der Waals surface area contributed by atoms with E-state index in [0.29, 0.717) is 12.1 Å². The van der Waals surface area contributed by atoms with E-state index >= 15 is 0 Å². The third kappa shape index (κ3) is 3.78. The molecule has 1 heterocycles. The van der Waals surface area contributed by atoms with Gasteiger partial charge in [-0.25, -0.2) is 0 Å². The number of nitrogens with zero attached hydrogens (tertiary/aromatic N) is 1. The fourth-order valence-corrected chi connectivity index (χ4v) is 2.22. The molecule has 15 heavy (non-hydrogen) atoms. The molecule has 0 saturated carbocycles. The van der Waals surface area contributed by atoms with Gasteiger partial charge in [0.1, 0.15) is 0 Å². The van der Waals surface area contributed by atoms with Gasteiger partial charge in [0.05, 0.1) is 0 Å². The maximum Gasteiger partial charge on any atom is 0.0222 e. The molecule has 2 unspecified atom stereocenters. The first kappa shape index (κ1) is 13.0. The van der Waals surface area contributed by atoms with Crippen LogP contribution in [0.25, 0.3) is 0 Å². The molecule has 0 amide bonds. The van der Waals surface area contributed by atoms with Crippen LogP contribution in [-0.2, 0) is 0 Å². The average Bonchev–Trinajstić information content (AvgIpc) is 2.28. The Bertz CT molecular complexity index is 216. The van der Waals surface area contributed by atoms with Crippen LogP contribution in [0, 0.1) is 0 Å². The quantitative estimate of drug-likeness (QED) is 0.799. The molecule has 1 N–H and O–H groups in total. The van der Waals surface area contributed by atoms with Crippen LogP contribution >= 0.6 is 11.6 Å². The summed E-state index contributed by atoms with van der Waals surface area (Å²) in [7, 11) is 0. The van der Waals surface area contributed by atoms with Gasteiger partial charge in [-0.15, -0.1) is 0 Å². The number of hydrogen-bond acceptors (Lipinski definition) is 2. The van der Waals surface area contributed by atoms with Crippen LogP contribution in [0.2, 0.25) is 0 Å². The molecule has 0 aromatic rings. The molecular formula is C12H23ClN2. The Kier molecular flexibility index (Phi) is 5.65. The molecule has 88 valence electrons. The molecule has 1 fully saturated rings. The molecular weight excluding hydrogens is 208 g/mol. The van der Waals surface area contributed by atoms with Crippen LogP contribution in [-0.4, -0.2) is 36.6 Å². The van der Waals surface area contributed by atoms with Crippen LogP contribution < -0.4 is 5.32 Å². The zero-order valence-electron chi connectivity index (χ0n) is 10.1. The first-order valence-electron chi connectivity index (χ1n) is 5.94. The van der Waals surface area contributed by atoms with Crippen molar-refractivity contribution in [3.63, 3.8) is 0 Å². The van der Waals surface area contributed by atoms with E-state index in [-0.39, 0.29) is 0 Å². The number of halogens is 1. The summed E-state index contributed by atoms with van der Waals surface area (Å²) in [4.78, 5) is 2.55. The maximum atomic E-state index is 5.73. The third-order valence-corrected chi connectivity index (χ3v) is 3.59. The van der Waals surface area contributed by atoms with Crippen molar-refractivity contribution in [2.75, 3.05) is 19.6 Å². The van der Waals surface area contributed by atoms with Gasteiger partial charge in [-0.2, -0.15) is 0 Å². The largest absolute Gasteiger partial charge is 0.311 e. The minimum atomic E-state index is 0.649. The van der Waals surface area contributed by atoms with Crippen molar-refractivity contribution in [3.8, 4) is 0 Å². The topological polar surface area (TPSA) is 15.3 Å². The Balaban J connectivity index is 2.54. The van der Waals surface area contributed by atoms with Crippen molar-refractivity contribution >= 4 is 11.6 Å². The van der Waals surface area contributed by atoms with Crippen LogP contribution in [0.5, 0.6) is 0 Å². The molecule has 2 atom stereocenters. The Hall–Kier alpha value is -0.0500. The molecule has 0 aromatic carbocycles. The second-order valence-corrected chi connectivity index (χ2v) is 4.68. The van der Waals surface area contributed by atoms with Crippen LogP contribution in [0.4, 0.5) is 0 Å². The number of nitrogens with one attached hydrogen (secondary N) is 1. The van der Waals surface area contributed by atoms with Gasteiger partial charge in [0.25, 0.3) is 0 Å². The van der Waals surface area contributed by atoms with Gasteiger partial charge in [-0.1, -0.05) is 25.4 Å². The van der Waals surface area contributed by atoms with Gasteiger partial charge in [0.2, 0.25) is 0 Å². The molecule has 2 nitrogen and oxygen atoms in total. The Morgan fingerprint density at radius 1 is 1.47 bits per heavy atom. The molecule has 1 aliphatic heterocycles. The highest BCUT2D eigenvalue weighted by Crippen LogP contribution is 2.14. The Labute approximate surface area is 98.7 Å². The van der Waals surface area contributed by atoms with Crippen molar-refractivity contribution < 1.29 is 0 Å². The van der Waals surface area contributed by atoms with Crippen molar-refractivity contribution in [1.29, 1.82) is 0 Å². The van der Waals surface area contributed by atoms with Gasteiger partial charge in [0, 0.05) is 37.3 Å². The minimum Gasteiger partial charge on any atom is -0.311 e. The van der Waals surface area contributed by atoms with E-state index in [0.717, 1.165) is 19.6 Å². The van der Waals surface area contributed by atoms with Crippen LogP contribution in [0.3, 0.4) is 0 Å². The van der Waals surface area contributed by atoms with Gasteiger partial charge < -0.3 is 5.32 Å². The fourth-order valence-electron chi connectivity index (χ4n) is 2.15. The first-order chi connectivity index (χ1) is 7.21. The van der Waals surface area contributed by atoms with E-state index in [4.69, 9.17) is 11.6 Å². The highest BCUT2D eigenvalue weighted by atomic mass is 35.5. The molecule has 1 rings (SSSR count). The number of hydrogen-bond donors (Lipinski definition) is 1. The van der Waals surface area contributed by atoms with Gasteiger partial charge in [-0.05, 0) is 25.3 Å². The number of rotatable bonds is 4. The van der Waals surface area contributed by atoms with E-state index in [2.05, 4.69) is 31.0 Å². The Morgan fingerprint density at radius 2 is 2.20 bits per heavy atom. The van der Waals surface area contributed by atoms with E-state index in [1.54, 1.807) is 5.54 Å². The zero-order chi connectivity index (χ0) is 11.3. The van der Waals surface area contributed by atoms with E-state index in [1.807, 2.05) is 0 Å². The monoisotopic (exact) mass is 230 g/mol. The van der Waals surface area contributed by atoms with Crippen molar-refractivity contribution in [3.05, 3.63) is 11.1 Å².